The first-order valence-electron chi connectivity index (χ1n) is 5.19. The van der Waals surface area contributed by atoms with Crippen molar-refractivity contribution >= 4 is 29.1 Å². The number of carbonyl (C=O) groups is 1. The lowest BCUT2D eigenvalue weighted by molar-refractivity contribution is 0.0907. The fourth-order valence-corrected chi connectivity index (χ4v) is 1.98. The Morgan fingerprint density at radius 3 is 2.65 bits per heavy atom. The van der Waals surface area contributed by atoms with Gasteiger partial charge in [-0.15, -0.1) is 11.6 Å². The average molecular weight is 278 g/mol. The first-order valence-corrected chi connectivity index (χ1v) is 6.10. The number of amides is 1. The molecule has 1 amide bonds. The van der Waals surface area contributed by atoms with Gasteiger partial charge in [-0.2, -0.15) is 0 Å². The van der Waals surface area contributed by atoms with Crippen LogP contribution in [0.5, 0.6) is 0 Å². The SMILES string of the molecule is CC(C)(CCCl)NC(=O)c1ccc(Cl)cc1F. The molecule has 0 aliphatic heterocycles. The van der Waals surface area contributed by atoms with Gasteiger partial charge < -0.3 is 5.32 Å². The summed E-state index contributed by atoms with van der Waals surface area (Å²) in [6, 6.07) is 3.96. The lowest BCUT2D eigenvalue weighted by Gasteiger charge is -2.25. The molecular formula is C12H14Cl2FNO. The van der Waals surface area contributed by atoms with Crippen LogP contribution in [0.25, 0.3) is 0 Å². The summed E-state index contributed by atoms with van der Waals surface area (Å²) in [4.78, 5) is 11.8. The monoisotopic (exact) mass is 277 g/mol. The summed E-state index contributed by atoms with van der Waals surface area (Å²) in [6.07, 6.45) is 0.607. The molecule has 0 saturated heterocycles. The zero-order chi connectivity index (χ0) is 13.1. The van der Waals surface area contributed by atoms with E-state index in [0.29, 0.717) is 12.3 Å². The molecule has 5 heteroatoms. The molecule has 1 aromatic carbocycles. The molecule has 0 fully saturated rings. The van der Waals surface area contributed by atoms with Gasteiger partial charge in [0.2, 0.25) is 0 Å². The van der Waals surface area contributed by atoms with E-state index in [-0.39, 0.29) is 10.6 Å². The van der Waals surface area contributed by atoms with Crippen molar-refractivity contribution in [2.24, 2.45) is 0 Å². The van der Waals surface area contributed by atoms with E-state index in [9.17, 15) is 9.18 Å². The van der Waals surface area contributed by atoms with E-state index in [1.54, 1.807) is 0 Å². The molecule has 0 atom stereocenters. The van der Waals surface area contributed by atoms with Gasteiger partial charge >= 0.3 is 0 Å². The Morgan fingerprint density at radius 2 is 2.12 bits per heavy atom. The summed E-state index contributed by atoms with van der Waals surface area (Å²) in [5.41, 5.74) is -0.484. The minimum absolute atomic E-state index is 0.0166. The zero-order valence-corrected chi connectivity index (χ0v) is 11.2. The molecule has 0 aliphatic carbocycles. The minimum atomic E-state index is -0.628. The van der Waals surface area contributed by atoms with Crippen molar-refractivity contribution in [3.05, 3.63) is 34.6 Å². The van der Waals surface area contributed by atoms with Crippen molar-refractivity contribution < 1.29 is 9.18 Å². The molecule has 2 nitrogen and oxygen atoms in total. The molecule has 0 heterocycles. The van der Waals surface area contributed by atoms with Crippen molar-refractivity contribution in [1.82, 2.24) is 5.32 Å². The maximum Gasteiger partial charge on any atom is 0.254 e. The molecule has 1 rings (SSSR count). The average Bonchev–Trinajstić information content (AvgIpc) is 2.15. The molecule has 0 unspecified atom stereocenters. The second-order valence-electron chi connectivity index (χ2n) is 4.40. The summed E-state index contributed by atoms with van der Waals surface area (Å²) in [7, 11) is 0. The largest absolute Gasteiger partial charge is 0.347 e. The highest BCUT2D eigenvalue weighted by atomic mass is 35.5. The van der Waals surface area contributed by atoms with Crippen LogP contribution >= 0.6 is 23.2 Å². The second kappa shape index (κ2) is 5.69. The van der Waals surface area contributed by atoms with Crippen molar-refractivity contribution in [3.63, 3.8) is 0 Å². The van der Waals surface area contributed by atoms with E-state index >= 15 is 0 Å². The number of halogens is 3. The van der Waals surface area contributed by atoms with Crippen LogP contribution in [0.2, 0.25) is 5.02 Å². The molecule has 1 N–H and O–H groups in total. The van der Waals surface area contributed by atoms with E-state index in [1.165, 1.54) is 12.1 Å². The molecule has 0 spiro atoms. The molecule has 94 valence electrons. The Kier molecular flexibility index (Phi) is 4.78. The van der Waals surface area contributed by atoms with Gasteiger partial charge in [0.1, 0.15) is 5.82 Å². The van der Waals surface area contributed by atoms with Gasteiger partial charge in [0.15, 0.2) is 0 Å². The number of benzene rings is 1. The van der Waals surface area contributed by atoms with Crippen LogP contribution in [-0.4, -0.2) is 17.3 Å². The van der Waals surface area contributed by atoms with E-state index in [4.69, 9.17) is 23.2 Å². The van der Waals surface area contributed by atoms with Crippen LogP contribution in [0.1, 0.15) is 30.6 Å². The maximum atomic E-state index is 13.5. The molecular weight excluding hydrogens is 264 g/mol. The van der Waals surface area contributed by atoms with Crippen molar-refractivity contribution in [2.75, 3.05) is 5.88 Å². The third-order valence-corrected chi connectivity index (χ3v) is 2.77. The normalized spacial score (nSPS) is 11.4. The molecule has 0 saturated carbocycles. The van der Waals surface area contributed by atoms with Gasteiger partial charge in [0.25, 0.3) is 5.91 Å². The third kappa shape index (κ3) is 4.17. The standard InChI is InChI=1S/C12H14Cl2FNO/c1-12(2,5-6-13)16-11(17)9-4-3-8(14)7-10(9)15/h3-4,7H,5-6H2,1-2H3,(H,16,17). The van der Waals surface area contributed by atoms with Crippen LogP contribution in [0, 0.1) is 5.82 Å². The van der Waals surface area contributed by atoms with Gasteiger partial charge in [-0.05, 0) is 38.5 Å². The highest BCUT2D eigenvalue weighted by Gasteiger charge is 2.22. The fraction of sp³-hybridized carbons (Fsp3) is 0.417. The van der Waals surface area contributed by atoms with Gasteiger partial charge in [-0.1, -0.05) is 11.6 Å². The van der Waals surface area contributed by atoms with Crippen molar-refractivity contribution in [1.29, 1.82) is 0 Å². The lowest BCUT2D eigenvalue weighted by atomic mass is 10.0. The zero-order valence-electron chi connectivity index (χ0n) is 9.69. The first-order chi connectivity index (χ1) is 7.85. The van der Waals surface area contributed by atoms with Crippen LogP contribution < -0.4 is 5.32 Å². The van der Waals surface area contributed by atoms with Gasteiger partial charge in [-0.25, -0.2) is 4.39 Å². The van der Waals surface area contributed by atoms with E-state index < -0.39 is 17.3 Å². The Bertz CT molecular complexity index is 421. The smallest absolute Gasteiger partial charge is 0.254 e. The fourth-order valence-electron chi connectivity index (χ4n) is 1.35. The molecule has 0 bridgehead atoms. The Morgan fingerprint density at radius 1 is 1.47 bits per heavy atom. The van der Waals surface area contributed by atoms with Gasteiger partial charge in [0, 0.05) is 16.4 Å². The number of alkyl halides is 1. The van der Waals surface area contributed by atoms with Crippen LogP contribution in [0.3, 0.4) is 0 Å². The number of hydrogen-bond donors (Lipinski definition) is 1. The highest BCUT2D eigenvalue weighted by molar-refractivity contribution is 6.30. The highest BCUT2D eigenvalue weighted by Crippen LogP contribution is 2.16. The summed E-state index contributed by atoms with van der Waals surface area (Å²) in [6.45, 7) is 3.67. The molecule has 0 radical (unpaired) electrons. The van der Waals surface area contributed by atoms with Gasteiger partial charge in [-0.3, -0.25) is 4.79 Å². The van der Waals surface area contributed by atoms with E-state index in [2.05, 4.69) is 5.32 Å². The topological polar surface area (TPSA) is 29.1 Å². The van der Waals surface area contributed by atoms with Crippen molar-refractivity contribution in [3.8, 4) is 0 Å². The van der Waals surface area contributed by atoms with E-state index in [0.717, 1.165) is 6.07 Å². The number of rotatable bonds is 4. The Hall–Kier alpha value is -0.800. The van der Waals surface area contributed by atoms with Crippen molar-refractivity contribution in [2.45, 2.75) is 25.8 Å². The third-order valence-electron chi connectivity index (χ3n) is 2.35. The summed E-state index contributed by atoms with van der Waals surface area (Å²) in [5, 5.41) is 2.99. The summed E-state index contributed by atoms with van der Waals surface area (Å²) in [5.74, 6) is -0.665. The van der Waals surface area contributed by atoms with E-state index in [1.807, 2.05) is 13.8 Å². The molecule has 0 aromatic heterocycles. The minimum Gasteiger partial charge on any atom is -0.347 e. The molecule has 1 aromatic rings. The predicted octanol–water partition coefficient (Wildman–Crippen LogP) is 3.62. The first kappa shape index (κ1) is 14.3. The Labute approximate surface area is 110 Å². The number of hydrogen-bond acceptors (Lipinski definition) is 1. The molecule has 0 aliphatic rings. The van der Waals surface area contributed by atoms with Crippen LogP contribution in [-0.2, 0) is 0 Å². The second-order valence-corrected chi connectivity index (χ2v) is 5.22. The summed E-state index contributed by atoms with van der Waals surface area (Å²) < 4.78 is 13.5. The lowest BCUT2D eigenvalue weighted by Crippen LogP contribution is -2.44. The maximum absolute atomic E-state index is 13.5. The van der Waals surface area contributed by atoms with Crippen LogP contribution in [0.15, 0.2) is 18.2 Å². The van der Waals surface area contributed by atoms with Crippen LogP contribution in [0.4, 0.5) is 4.39 Å². The number of nitrogens with one attached hydrogen (secondary N) is 1. The summed E-state index contributed by atoms with van der Waals surface area (Å²) >= 11 is 11.2. The number of carbonyl (C=O) groups excluding carboxylic acids is 1. The van der Waals surface area contributed by atoms with Gasteiger partial charge in [0.05, 0.1) is 5.56 Å². The molecule has 17 heavy (non-hydrogen) atoms. The quantitative estimate of drug-likeness (QED) is 0.837. The predicted molar refractivity (Wildman–Crippen MR) is 68.3 cm³/mol. The Balaban J connectivity index is 2.83.